The normalized spacial score (nSPS) is 15.8. The molecule has 0 bridgehead atoms. The van der Waals surface area contributed by atoms with Crippen LogP contribution in [0.3, 0.4) is 0 Å². The van der Waals surface area contributed by atoms with Crippen LogP contribution in [0, 0.1) is 0 Å². The molecular formula is C19H14Cl2N4O2. The zero-order valence-corrected chi connectivity index (χ0v) is 15.5. The highest BCUT2D eigenvalue weighted by molar-refractivity contribution is 6.36. The van der Waals surface area contributed by atoms with Crippen LogP contribution in [0.25, 0.3) is 11.1 Å². The minimum atomic E-state index is -0.780. The molecule has 2 aromatic carbocycles. The number of carbonyl (C=O) groups excluding carboxylic acids is 2. The molecule has 2 N–H and O–H groups in total. The number of rotatable bonds is 3. The lowest BCUT2D eigenvalue weighted by atomic mass is 10.1. The first-order valence-corrected chi connectivity index (χ1v) is 8.97. The van der Waals surface area contributed by atoms with Crippen molar-refractivity contribution >= 4 is 46.5 Å². The van der Waals surface area contributed by atoms with Gasteiger partial charge in [0.25, 0.3) is 0 Å². The molecule has 1 aliphatic rings. The van der Waals surface area contributed by atoms with Crippen LogP contribution in [-0.4, -0.2) is 21.6 Å². The molecule has 8 heteroatoms. The van der Waals surface area contributed by atoms with Crippen molar-refractivity contribution in [2.45, 2.75) is 12.5 Å². The molecule has 2 amide bonds. The number of hydrogen-bond acceptors (Lipinski definition) is 3. The molecule has 1 aliphatic heterocycles. The molecule has 4 rings (SSSR count). The number of nitrogens with zero attached hydrogens (tertiary/aromatic N) is 2. The van der Waals surface area contributed by atoms with Crippen molar-refractivity contribution in [2.75, 3.05) is 10.6 Å². The second-order valence-corrected chi connectivity index (χ2v) is 6.94. The van der Waals surface area contributed by atoms with Crippen molar-refractivity contribution in [3.8, 4) is 11.1 Å². The number of fused-ring (bicyclic) bond motifs is 1. The average molecular weight is 401 g/mol. The largest absolute Gasteiger partial charge is 0.323 e. The fraction of sp³-hybridized carbons (Fsp3) is 0.105. The number of amides is 2. The summed E-state index contributed by atoms with van der Waals surface area (Å²) in [6.45, 7) is 0. The Bertz CT molecular complexity index is 1030. The van der Waals surface area contributed by atoms with Gasteiger partial charge in [-0.2, -0.15) is 5.10 Å². The topological polar surface area (TPSA) is 76.0 Å². The lowest BCUT2D eigenvalue weighted by Gasteiger charge is -2.24. The van der Waals surface area contributed by atoms with E-state index >= 15 is 0 Å². The average Bonchev–Trinajstić information content (AvgIpc) is 3.07. The number of carbonyl (C=O) groups is 2. The zero-order chi connectivity index (χ0) is 19.0. The van der Waals surface area contributed by atoms with Gasteiger partial charge in [0, 0.05) is 10.6 Å². The van der Waals surface area contributed by atoms with Gasteiger partial charge in [-0.05, 0) is 23.8 Å². The van der Waals surface area contributed by atoms with Gasteiger partial charge in [-0.15, -0.1) is 0 Å². The Morgan fingerprint density at radius 3 is 2.70 bits per heavy atom. The standard InChI is InChI=1S/C19H14Cl2N4O2/c20-12-6-7-15(14(21)8-12)23-19(27)16-9-17(26)24-18-13(10-22-25(16)18)11-4-2-1-3-5-11/h1-8,10,16H,9H2,(H,23,27)(H,24,26)/t16-/m0/s1. The predicted octanol–water partition coefficient (Wildman–Crippen LogP) is 4.38. The van der Waals surface area contributed by atoms with Gasteiger partial charge in [0.15, 0.2) is 0 Å². The van der Waals surface area contributed by atoms with Crippen LogP contribution in [0.4, 0.5) is 11.5 Å². The fourth-order valence-corrected chi connectivity index (χ4v) is 3.46. The molecule has 1 atom stereocenters. The molecule has 136 valence electrons. The van der Waals surface area contributed by atoms with Gasteiger partial charge in [-0.1, -0.05) is 53.5 Å². The molecule has 0 radical (unpaired) electrons. The Kier molecular flexibility index (Phi) is 4.59. The SMILES string of the molecule is O=C1C[C@@H](C(=O)Nc2ccc(Cl)cc2Cl)n2ncc(-c3ccccc3)c2N1. The first-order chi connectivity index (χ1) is 13.0. The molecule has 3 aromatic rings. The highest BCUT2D eigenvalue weighted by Crippen LogP contribution is 2.35. The van der Waals surface area contributed by atoms with E-state index in [0.717, 1.165) is 11.1 Å². The Labute approximate surface area is 165 Å². The number of benzene rings is 2. The van der Waals surface area contributed by atoms with Gasteiger partial charge in [-0.3, -0.25) is 9.59 Å². The lowest BCUT2D eigenvalue weighted by molar-refractivity contribution is -0.125. The summed E-state index contributed by atoms with van der Waals surface area (Å²) in [6, 6.07) is 13.5. The minimum absolute atomic E-state index is 0.0139. The molecule has 0 saturated heterocycles. The summed E-state index contributed by atoms with van der Waals surface area (Å²) in [5.74, 6) is -0.125. The van der Waals surface area contributed by atoms with Gasteiger partial charge in [-0.25, -0.2) is 4.68 Å². The van der Waals surface area contributed by atoms with Gasteiger partial charge in [0.1, 0.15) is 11.9 Å². The van der Waals surface area contributed by atoms with Crippen LogP contribution in [0.5, 0.6) is 0 Å². The van der Waals surface area contributed by atoms with Gasteiger partial charge >= 0.3 is 0 Å². The van der Waals surface area contributed by atoms with E-state index in [0.29, 0.717) is 21.6 Å². The molecule has 1 aromatic heterocycles. The predicted molar refractivity (Wildman–Crippen MR) is 105 cm³/mol. The van der Waals surface area contributed by atoms with Crippen LogP contribution in [-0.2, 0) is 9.59 Å². The molecule has 6 nitrogen and oxygen atoms in total. The summed E-state index contributed by atoms with van der Waals surface area (Å²) < 4.78 is 1.53. The maximum Gasteiger partial charge on any atom is 0.249 e. The van der Waals surface area contributed by atoms with E-state index in [1.54, 1.807) is 24.4 Å². The second kappa shape index (κ2) is 7.06. The van der Waals surface area contributed by atoms with Gasteiger partial charge in [0.05, 0.1) is 23.3 Å². The number of halogens is 2. The summed E-state index contributed by atoms with van der Waals surface area (Å²) in [4.78, 5) is 25.0. The highest BCUT2D eigenvalue weighted by Gasteiger charge is 2.33. The summed E-state index contributed by atoms with van der Waals surface area (Å²) in [5.41, 5.74) is 2.08. The van der Waals surface area contributed by atoms with Crippen LogP contribution in [0.1, 0.15) is 12.5 Å². The molecule has 0 saturated carbocycles. The third-order valence-corrected chi connectivity index (χ3v) is 4.85. The molecule has 0 fully saturated rings. The first-order valence-electron chi connectivity index (χ1n) is 8.21. The molecule has 27 heavy (non-hydrogen) atoms. The smallest absolute Gasteiger partial charge is 0.249 e. The molecule has 0 aliphatic carbocycles. The van der Waals surface area contributed by atoms with E-state index in [-0.39, 0.29) is 18.2 Å². The van der Waals surface area contributed by atoms with E-state index in [9.17, 15) is 9.59 Å². The van der Waals surface area contributed by atoms with Crippen LogP contribution in [0.15, 0.2) is 54.7 Å². The Balaban J connectivity index is 1.66. The quantitative estimate of drug-likeness (QED) is 0.684. The first kappa shape index (κ1) is 17.6. The van der Waals surface area contributed by atoms with Crippen LogP contribution in [0.2, 0.25) is 10.0 Å². The highest BCUT2D eigenvalue weighted by atomic mass is 35.5. The number of aromatic nitrogens is 2. The minimum Gasteiger partial charge on any atom is -0.323 e. The fourth-order valence-electron chi connectivity index (χ4n) is 3.01. The van der Waals surface area contributed by atoms with Crippen molar-refractivity contribution in [1.82, 2.24) is 9.78 Å². The monoisotopic (exact) mass is 400 g/mol. The van der Waals surface area contributed by atoms with E-state index in [1.807, 2.05) is 30.3 Å². The van der Waals surface area contributed by atoms with Crippen molar-refractivity contribution < 1.29 is 9.59 Å². The van der Waals surface area contributed by atoms with Gasteiger partial charge in [0.2, 0.25) is 11.8 Å². The molecule has 0 unspecified atom stereocenters. The van der Waals surface area contributed by atoms with Gasteiger partial charge < -0.3 is 10.6 Å². The summed E-state index contributed by atoms with van der Waals surface area (Å²) in [6.07, 6.45) is 1.63. The summed E-state index contributed by atoms with van der Waals surface area (Å²) >= 11 is 12.0. The van der Waals surface area contributed by atoms with E-state index in [1.165, 1.54) is 4.68 Å². The third kappa shape index (κ3) is 3.41. The molecule has 0 spiro atoms. The number of hydrogen-bond donors (Lipinski definition) is 2. The molecular weight excluding hydrogens is 387 g/mol. The maximum absolute atomic E-state index is 12.8. The van der Waals surface area contributed by atoms with Crippen molar-refractivity contribution in [2.24, 2.45) is 0 Å². The van der Waals surface area contributed by atoms with E-state index in [2.05, 4.69) is 15.7 Å². The van der Waals surface area contributed by atoms with E-state index in [4.69, 9.17) is 23.2 Å². The Morgan fingerprint density at radius 1 is 1.19 bits per heavy atom. The summed E-state index contributed by atoms with van der Waals surface area (Å²) in [7, 11) is 0. The second-order valence-electron chi connectivity index (χ2n) is 6.10. The zero-order valence-electron chi connectivity index (χ0n) is 13.9. The van der Waals surface area contributed by atoms with Crippen LogP contribution >= 0.6 is 23.2 Å². The maximum atomic E-state index is 12.8. The van der Waals surface area contributed by atoms with Crippen molar-refractivity contribution in [1.29, 1.82) is 0 Å². The van der Waals surface area contributed by atoms with Crippen molar-refractivity contribution in [3.63, 3.8) is 0 Å². The van der Waals surface area contributed by atoms with Crippen LogP contribution < -0.4 is 10.6 Å². The number of anilines is 2. The molecule has 2 heterocycles. The lowest BCUT2D eigenvalue weighted by Crippen LogP contribution is -2.35. The Hall–Kier alpha value is -2.83. The Morgan fingerprint density at radius 2 is 1.96 bits per heavy atom. The van der Waals surface area contributed by atoms with E-state index < -0.39 is 6.04 Å². The van der Waals surface area contributed by atoms with Crippen molar-refractivity contribution in [3.05, 3.63) is 64.8 Å². The number of nitrogens with one attached hydrogen (secondary N) is 2. The third-order valence-electron chi connectivity index (χ3n) is 4.30. The summed E-state index contributed by atoms with van der Waals surface area (Å²) in [5, 5.41) is 10.7.